The number of nitrogens with one attached hydrogen (secondary N) is 2. The molecule has 0 saturated heterocycles. The van der Waals surface area contributed by atoms with Crippen molar-refractivity contribution in [1.82, 2.24) is 10.3 Å². The SMILES string of the molecule is CNC(=S)Nc1ncccc1Br. The molecule has 0 bridgehead atoms. The van der Waals surface area contributed by atoms with E-state index in [-0.39, 0.29) is 0 Å². The van der Waals surface area contributed by atoms with Crippen molar-refractivity contribution in [1.29, 1.82) is 0 Å². The van der Waals surface area contributed by atoms with Crippen LogP contribution < -0.4 is 10.6 Å². The Kier molecular flexibility index (Phi) is 3.43. The normalized spacial score (nSPS) is 9.17. The Morgan fingerprint density at radius 3 is 3.00 bits per heavy atom. The van der Waals surface area contributed by atoms with Crippen LogP contribution in [0.15, 0.2) is 22.8 Å². The van der Waals surface area contributed by atoms with Gasteiger partial charge in [0, 0.05) is 13.2 Å². The number of thiocarbonyl (C=S) groups is 1. The van der Waals surface area contributed by atoms with E-state index in [4.69, 9.17) is 12.2 Å². The topological polar surface area (TPSA) is 37.0 Å². The predicted octanol–water partition coefficient (Wildman–Crippen LogP) is 1.76. The smallest absolute Gasteiger partial charge is 0.171 e. The number of rotatable bonds is 1. The average Bonchev–Trinajstić information content (AvgIpc) is 2.09. The maximum Gasteiger partial charge on any atom is 0.171 e. The lowest BCUT2D eigenvalue weighted by Gasteiger charge is -2.06. The third-order valence-corrected chi connectivity index (χ3v) is 2.16. The van der Waals surface area contributed by atoms with Crippen LogP contribution in [-0.2, 0) is 0 Å². The standard InChI is InChI=1S/C7H8BrN3S/c1-9-7(12)11-6-5(8)3-2-4-10-6/h2-4H,1H3,(H2,9,10,11,12). The largest absolute Gasteiger partial charge is 0.365 e. The molecule has 0 aliphatic rings. The summed E-state index contributed by atoms with van der Waals surface area (Å²) in [5.41, 5.74) is 0. The van der Waals surface area contributed by atoms with E-state index in [2.05, 4.69) is 31.5 Å². The van der Waals surface area contributed by atoms with Gasteiger partial charge in [0.15, 0.2) is 5.11 Å². The summed E-state index contributed by atoms with van der Waals surface area (Å²) in [6.45, 7) is 0. The Bertz CT molecular complexity index is 290. The summed E-state index contributed by atoms with van der Waals surface area (Å²) in [5.74, 6) is 0.719. The third-order valence-electron chi connectivity index (χ3n) is 1.22. The summed E-state index contributed by atoms with van der Waals surface area (Å²) in [6.07, 6.45) is 1.70. The molecule has 0 saturated carbocycles. The van der Waals surface area contributed by atoms with Crippen LogP contribution in [0.5, 0.6) is 0 Å². The second-order valence-corrected chi connectivity index (χ2v) is 3.30. The highest BCUT2D eigenvalue weighted by Gasteiger charge is 1.99. The van der Waals surface area contributed by atoms with Crippen LogP contribution in [0.3, 0.4) is 0 Å². The fraction of sp³-hybridized carbons (Fsp3) is 0.143. The van der Waals surface area contributed by atoms with Gasteiger partial charge in [-0.25, -0.2) is 4.98 Å². The van der Waals surface area contributed by atoms with Gasteiger partial charge in [-0.05, 0) is 40.3 Å². The molecule has 3 nitrogen and oxygen atoms in total. The lowest BCUT2D eigenvalue weighted by atomic mass is 10.5. The molecule has 0 aliphatic carbocycles. The molecule has 12 heavy (non-hydrogen) atoms. The van der Waals surface area contributed by atoms with E-state index >= 15 is 0 Å². The van der Waals surface area contributed by atoms with Gasteiger partial charge in [-0.2, -0.15) is 0 Å². The molecule has 0 unspecified atom stereocenters. The van der Waals surface area contributed by atoms with Crippen LogP contribution >= 0.6 is 28.1 Å². The lowest BCUT2D eigenvalue weighted by molar-refractivity contribution is 1.18. The molecule has 5 heteroatoms. The first-order valence-corrected chi connectivity index (χ1v) is 4.53. The third kappa shape index (κ3) is 2.42. The highest BCUT2D eigenvalue weighted by molar-refractivity contribution is 9.10. The first-order chi connectivity index (χ1) is 5.74. The molecule has 0 atom stereocenters. The van der Waals surface area contributed by atoms with Crippen LogP contribution in [0.4, 0.5) is 5.82 Å². The number of hydrogen-bond acceptors (Lipinski definition) is 2. The monoisotopic (exact) mass is 245 g/mol. The van der Waals surface area contributed by atoms with Crippen LogP contribution in [0.1, 0.15) is 0 Å². The Morgan fingerprint density at radius 1 is 1.67 bits per heavy atom. The van der Waals surface area contributed by atoms with Gasteiger partial charge in [0.1, 0.15) is 5.82 Å². The van der Waals surface area contributed by atoms with Crippen LogP contribution in [-0.4, -0.2) is 17.1 Å². The van der Waals surface area contributed by atoms with Gasteiger partial charge in [-0.3, -0.25) is 0 Å². The second-order valence-electron chi connectivity index (χ2n) is 2.04. The second kappa shape index (κ2) is 4.37. The van der Waals surface area contributed by atoms with Crippen molar-refractivity contribution in [3.05, 3.63) is 22.8 Å². The number of nitrogens with zero attached hydrogens (tertiary/aromatic N) is 1. The van der Waals surface area contributed by atoms with Gasteiger partial charge in [0.05, 0.1) is 4.47 Å². The van der Waals surface area contributed by atoms with E-state index < -0.39 is 0 Å². The fourth-order valence-electron chi connectivity index (χ4n) is 0.648. The predicted molar refractivity (Wildman–Crippen MR) is 57.2 cm³/mol. The minimum Gasteiger partial charge on any atom is -0.365 e. The zero-order valence-corrected chi connectivity index (χ0v) is 8.87. The van der Waals surface area contributed by atoms with Crippen molar-refractivity contribution in [2.45, 2.75) is 0 Å². The molecule has 2 N–H and O–H groups in total. The first kappa shape index (κ1) is 9.41. The molecule has 64 valence electrons. The summed E-state index contributed by atoms with van der Waals surface area (Å²) in [5, 5.41) is 6.27. The Morgan fingerprint density at radius 2 is 2.42 bits per heavy atom. The van der Waals surface area contributed by atoms with Gasteiger partial charge in [-0.15, -0.1) is 0 Å². The number of anilines is 1. The lowest BCUT2D eigenvalue weighted by Crippen LogP contribution is -2.24. The van der Waals surface area contributed by atoms with Crippen LogP contribution in [0, 0.1) is 0 Å². The molecule has 0 amide bonds. The zero-order chi connectivity index (χ0) is 8.97. The molecule has 1 aromatic rings. The van der Waals surface area contributed by atoms with Crippen LogP contribution in [0.2, 0.25) is 0 Å². The molecule has 1 rings (SSSR count). The zero-order valence-electron chi connectivity index (χ0n) is 6.47. The van der Waals surface area contributed by atoms with Crippen LogP contribution in [0.25, 0.3) is 0 Å². The van der Waals surface area contributed by atoms with E-state index in [0.717, 1.165) is 10.3 Å². The van der Waals surface area contributed by atoms with Crippen molar-refractivity contribution >= 4 is 39.1 Å². The van der Waals surface area contributed by atoms with E-state index in [9.17, 15) is 0 Å². The Balaban J connectivity index is 2.75. The molecular formula is C7H8BrN3S. The van der Waals surface area contributed by atoms with Gasteiger partial charge in [-0.1, -0.05) is 0 Å². The minimum absolute atomic E-state index is 0.550. The van der Waals surface area contributed by atoms with Crippen molar-refractivity contribution in [3.63, 3.8) is 0 Å². The summed E-state index contributed by atoms with van der Waals surface area (Å²) in [7, 11) is 1.76. The average molecular weight is 246 g/mol. The van der Waals surface area contributed by atoms with Gasteiger partial charge in [0.2, 0.25) is 0 Å². The molecule has 0 spiro atoms. The maximum absolute atomic E-state index is 4.91. The summed E-state index contributed by atoms with van der Waals surface area (Å²) in [6, 6.07) is 3.74. The summed E-state index contributed by atoms with van der Waals surface area (Å²) >= 11 is 8.26. The molecular weight excluding hydrogens is 238 g/mol. The Hall–Kier alpha value is -0.680. The summed E-state index contributed by atoms with van der Waals surface area (Å²) in [4.78, 5) is 4.08. The molecule has 0 aliphatic heterocycles. The first-order valence-electron chi connectivity index (χ1n) is 3.33. The fourth-order valence-corrected chi connectivity index (χ4v) is 1.10. The number of hydrogen-bond donors (Lipinski definition) is 2. The van der Waals surface area contributed by atoms with Gasteiger partial charge in [0.25, 0.3) is 0 Å². The Labute approximate surface area is 84.7 Å². The van der Waals surface area contributed by atoms with Crippen molar-refractivity contribution < 1.29 is 0 Å². The van der Waals surface area contributed by atoms with E-state index in [1.54, 1.807) is 13.2 Å². The highest BCUT2D eigenvalue weighted by atomic mass is 79.9. The van der Waals surface area contributed by atoms with Crippen molar-refractivity contribution in [2.75, 3.05) is 12.4 Å². The van der Waals surface area contributed by atoms with E-state index in [1.807, 2.05) is 12.1 Å². The quantitative estimate of drug-likeness (QED) is 0.740. The maximum atomic E-state index is 4.91. The molecule has 0 radical (unpaired) electrons. The van der Waals surface area contributed by atoms with E-state index in [0.29, 0.717) is 5.11 Å². The molecule has 0 aromatic carbocycles. The van der Waals surface area contributed by atoms with Crippen molar-refractivity contribution in [3.8, 4) is 0 Å². The molecule has 0 fully saturated rings. The van der Waals surface area contributed by atoms with E-state index in [1.165, 1.54) is 0 Å². The van der Waals surface area contributed by atoms with Gasteiger partial charge >= 0.3 is 0 Å². The molecule has 1 heterocycles. The minimum atomic E-state index is 0.550. The van der Waals surface area contributed by atoms with Gasteiger partial charge < -0.3 is 10.6 Å². The van der Waals surface area contributed by atoms with Crippen molar-refractivity contribution in [2.24, 2.45) is 0 Å². The summed E-state index contributed by atoms with van der Waals surface area (Å²) < 4.78 is 0.891. The molecule has 1 aromatic heterocycles. The number of pyridine rings is 1. The number of halogens is 1. The number of aromatic nitrogens is 1. The highest BCUT2D eigenvalue weighted by Crippen LogP contribution is 2.17.